The van der Waals surface area contributed by atoms with Crippen molar-refractivity contribution in [2.75, 3.05) is 12.0 Å². The smallest absolute Gasteiger partial charge is 0.269 e. The standard InChI is InChI=1S/C22H17Cl3N2O3S/c1-30-20-11-8-18(25)14-21(20)31(28,29)27-13-12-26(19-9-6-17(24)7-10-19)22(27)15-2-4-16(23)5-3-15/h2-14,22H,1H3. The highest BCUT2D eigenvalue weighted by atomic mass is 35.5. The largest absolute Gasteiger partial charge is 0.495 e. The number of methoxy groups -OCH3 is 1. The zero-order chi connectivity index (χ0) is 22.2. The van der Waals surface area contributed by atoms with Gasteiger partial charge in [0.1, 0.15) is 16.8 Å². The van der Waals surface area contributed by atoms with Crippen LogP contribution in [0.15, 0.2) is 84.0 Å². The maximum Gasteiger partial charge on any atom is 0.269 e. The average Bonchev–Trinajstić information content (AvgIpc) is 3.21. The number of sulfonamides is 1. The van der Waals surface area contributed by atoms with Gasteiger partial charge in [-0.1, -0.05) is 46.9 Å². The van der Waals surface area contributed by atoms with Gasteiger partial charge in [-0.05, 0) is 60.2 Å². The van der Waals surface area contributed by atoms with E-state index in [0.29, 0.717) is 15.1 Å². The van der Waals surface area contributed by atoms with E-state index in [4.69, 9.17) is 39.5 Å². The van der Waals surface area contributed by atoms with E-state index >= 15 is 0 Å². The second-order valence-electron chi connectivity index (χ2n) is 6.74. The fraction of sp³-hybridized carbons (Fsp3) is 0.0909. The Morgan fingerprint density at radius 3 is 2.00 bits per heavy atom. The third-order valence-corrected chi connectivity index (χ3v) is 7.34. The van der Waals surface area contributed by atoms with E-state index in [1.165, 1.54) is 29.7 Å². The van der Waals surface area contributed by atoms with Gasteiger partial charge in [0.15, 0.2) is 0 Å². The van der Waals surface area contributed by atoms with E-state index in [1.54, 1.807) is 48.7 Å². The van der Waals surface area contributed by atoms with Gasteiger partial charge in [-0.25, -0.2) is 12.7 Å². The second kappa shape index (κ2) is 8.63. The van der Waals surface area contributed by atoms with Crippen LogP contribution in [-0.4, -0.2) is 19.8 Å². The summed E-state index contributed by atoms with van der Waals surface area (Å²) in [5.41, 5.74) is 1.50. The zero-order valence-electron chi connectivity index (χ0n) is 16.2. The maximum absolute atomic E-state index is 13.7. The van der Waals surface area contributed by atoms with Crippen LogP contribution in [0.3, 0.4) is 0 Å². The number of hydrogen-bond acceptors (Lipinski definition) is 4. The van der Waals surface area contributed by atoms with Crippen LogP contribution in [-0.2, 0) is 10.0 Å². The van der Waals surface area contributed by atoms with Crippen LogP contribution >= 0.6 is 34.8 Å². The number of halogens is 3. The molecule has 0 amide bonds. The fourth-order valence-corrected chi connectivity index (χ4v) is 5.48. The van der Waals surface area contributed by atoms with Crippen molar-refractivity contribution in [2.24, 2.45) is 0 Å². The van der Waals surface area contributed by atoms with Gasteiger partial charge in [0.2, 0.25) is 0 Å². The van der Waals surface area contributed by atoms with Crippen molar-refractivity contribution < 1.29 is 13.2 Å². The van der Waals surface area contributed by atoms with Crippen LogP contribution in [0.5, 0.6) is 5.75 Å². The lowest BCUT2D eigenvalue weighted by Crippen LogP contribution is -2.35. The molecule has 31 heavy (non-hydrogen) atoms. The predicted octanol–water partition coefficient (Wildman–Crippen LogP) is 6.34. The zero-order valence-corrected chi connectivity index (χ0v) is 19.3. The van der Waals surface area contributed by atoms with Crippen molar-refractivity contribution in [3.8, 4) is 5.75 Å². The molecule has 0 saturated carbocycles. The minimum Gasteiger partial charge on any atom is -0.495 e. The maximum atomic E-state index is 13.7. The number of hydrogen-bond donors (Lipinski definition) is 0. The molecule has 1 heterocycles. The van der Waals surface area contributed by atoms with E-state index in [0.717, 1.165) is 11.3 Å². The Bertz CT molecular complexity index is 1230. The molecule has 0 fully saturated rings. The molecule has 3 aromatic rings. The normalized spacial score (nSPS) is 16.1. The molecule has 0 aliphatic carbocycles. The lowest BCUT2D eigenvalue weighted by atomic mass is 10.1. The van der Waals surface area contributed by atoms with Crippen LogP contribution in [0.2, 0.25) is 15.1 Å². The topological polar surface area (TPSA) is 49.9 Å². The van der Waals surface area contributed by atoms with Gasteiger partial charge in [-0.2, -0.15) is 0 Å². The number of nitrogens with zero attached hydrogens (tertiary/aromatic N) is 2. The Hall–Kier alpha value is -2.38. The lowest BCUT2D eigenvalue weighted by Gasteiger charge is -2.32. The molecular formula is C22H17Cl3N2O3S. The molecule has 3 aromatic carbocycles. The van der Waals surface area contributed by atoms with E-state index in [2.05, 4.69) is 0 Å². The summed E-state index contributed by atoms with van der Waals surface area (Å²) in [5, 5.41) is 1.43. The summed E-state index contributed by atoms with van der Waals surface area (Å²) in [7, 11) is -2.61. The summed E-state index contributed by atoms with van der Waals surface area (Å²) in [6.07, 6.45) is 2.54. The molecule has 1 aliphatic heterocycles. The van der Waals surface area contributed by atoms with Crippen LogP contribution in [0, 0.1) is 0 Å². The van der Waals surface area contributed by atoms with Gasteiger partial charge in [0.05, 0.1) is 7.11 Å². The third kappa shape index (κ3) is 4.21. The number of rotatable bonds is 5. The SMILES string of the molecule is COc1ccc(Cl)cc1S(=O)(=O)N1C=CN(c2ccc(Cl)cc2)C1c1ccc(Cl)cc1. The molecular weight excluding hydrogens is 479 g/mol. The molecule has 0 N–H and O–H groups in total. The Labute approximate surface area is 196 Å². The van der Waals surface area contributed by atoms with E-state index in [-0.39, 0.29) is 10.6 Å². The first-order valence-corrected chi connectivity index (χ1v) is 11.7. The van der Waals surface area contributed by atoms with Crippen molar-refractivity contribution in [3.05, 3.63) is 99.8 Å². The molecule has 1 aliphatic rings. The van der Waals surface area contributed by atoms with Gasteiger partial charge in [-0.3, -0.25) is 0 Å². The minimum atomic E-state index is -4.02. The van der Waals surface area contributed by atoms with Gasteiger partial charge in [-0.15, -0.1) is 0 Å². The van der Waals surface area contributed by atoms with Crippen LogP contribution in [0.4, 0.5) is 5.69 Å². The summed E-state index contributed by atoms with van der Waals surface area (Å²) in [6, 6.07) is 18.7. The Balaban J connectivity index is 1.84. The number of ether oxygens (including phenoxy) is 1. The third-order valence-electron chi connectivity index (χ3n) is 4.85. The van der Waals surface area contributed by atoms with Crippen molar-refractivity contribution in [1.82, 2.24) is 4.31 Å². The predicted molar refractivity (Wildman–Crippen MR) is 124 cm³/mol. The Morgan fingerprint density at radius 1 is 0.806 bits per heavy atom. The molecule has 5 nitrogen and oxygen atoms in total. The van der Waals surface area contributed by atoms with Crippen molar-refractivity contribution in [1.29, 1.82) is 0 Å². The molecule has 1 unspecified atom stereocenters. The molecule has 0 radical (unpaired) electrons. The number of benzene rings is 3. The van der Waals surface area contributed by atoms with Crippen molar-refractivity contribution in [3.63, 3.8) is 0 Å². The molecule has 0 spiro atoms. The highest BCUT2D eigenvalue weighted by molar-refractivity contribution is 7.89. The van der Waals surface area contributed by atoms with Crippen molar-refractivity contribution in [2.45, 2.75) is 11.1 Å². The molecule has 160 valence electrons. The summed E-state index contributed by atoms with van der Waals surface area (Å²) in [4.78, 5) is 1.82. The molecule has 0 aromatic heterocycles. The van der Waals surface area contributed by atoms with Gasteiger partial charge in [0.25, 0.3) is 10.0 Å². The molecule has 0 saturated heterocycles. The minimum absolute atomic E-state index is 0.0240. The molecule has 0 bridgehead atoms. The van der Waals surface area contributed by atoms with Crippen LogP contribution < -0.4 is 9.64 Å². The van der Waals surface area contributed by atoms with E-state index in [9.17, 15) is 8.42 Å². The fourth-order valence-electron chi connectivity index (χ4n) is 3.38. The Morgan fingerprint density at radius 2 is 1.39 bits per heavy atom. The first-order chi connectivity index (χ1) is 14.8. The van der Waals surface area contributed by atoms with Crippen LogP contribution in [0.25, 0.3) is 0 Å². The lowest BCUT2D eigenvalue weighted by molar-refractivity contribution is 0.394. The summed E-state index contributed by atoms with van der Waals surface area (Å²) in [6.45, 7) is 0. The first kappa shape index (κ1) is 21.8. The van der Waals surface area contributed by atoms with Gasteiger partial charge in [0, 0.05) is 33.2 Å². The molecule has 9 heteroatoms. The summed E-state index contributed by atoms with van der Waals surface area (Å²) < 4.78 is 34.0. The first-order valence-electron chi connectivity index (χ1n) is 9.16. The van der Waals surface area contributed by atoms with Crippen LogP contribution in [0.1, 0.15) is 11.7 Å². The average molecular weight is 496 g/mol. The monoisotopic (exact) mass is 494 g/mol. The molecule has 1 atom stereocenters. The van der Waals surface area contributed by atoms with E-state index < -0.39 is 16.2 Å². The number of anilines is 1. The quantitative estimate of drug-likeness (QED) is 0.415. The summed E-state index contributed by atoms with van der Waals surface area (Å²) in [5.74, 6) is 0.206. The summed E-state index contributed by atoms with van der Waals surface area (Å²) >= 11 is 18.2. The van der Waals surface area contributed by atoms with Crippen molar-refractivity contribution >= 4 is 50.5 Å². The second-order valence-corrected chi connectivity index (χ2v) is 9.86. The van der Waals surface area contributed by atoms with Gasteiger partial charge >= 0.3 is 0 Å². The van der Waals surface area contributed by atoms with Gasteiger partial charge < -0.3 is 9.64 Å². The highest BCUT2D eigenvalue weighted by Gasteiger charge is 2.39. The Kier molecular flexibility index (Phi) is 6.08. The highest BCUT2D eigenvalue weighted by Crippen LogP contribution is 2.41. The molecule has 4 rings (SSSR count). The van der Waals surface area contributed by atoms with E-state index in [1.807, 2.05) is 17.0 Å².